The molecule has 0 aliphatic carbocycles. The highest BCUT2D eigenvalue weighted by Crippen LogP contribution is 2.37. The van der Waals surface area contributed by atoms with E-state index in [4.69, 9.17) is 4.74 Å². The number of hydrogen-bond acceptors (Lipinski definition) is 15. The van der Waals surface area contributed by atoms with Crippen molar-refractivity contribution in [2.75, 3.05) is 43.2 Å². The van der Waals surface area contributed by atoms with E-state index in [2.05, 4.69) is 57.2 Å². The van der Waals surface area contributed by atoms with Crippen LogP contribution in [-0.4, -0.2) is 104 Å². The molecular formula is C42H45N13O7. The van der Waals surface area contributed by atoms with Crippen molar-refractivity contribution in [2.24, 2.45) is 7.05 Å². The first-order valence-corrected chi connectivity index (χ1v) is 20.1. The predicted molar refractivity (Wildman–Crippen MR) is 226 cm³/mol. The number of carbonyl (C=O) groups is 6. The molecule has 1 unspecified atom stereocenters. The number of pyridine rings is 1. The summed E-state index contributed by atoms with van der Waals surface area (Å²) >= 11 is 0. The van der Waals surface area contributed by atoms with Crippen LogP contribution in [0.1, 0.15) is 86.5 Å². The molecule has 0 spiro atoms. The molecule has 1 saturated heterocycles. The van der Waals surface area contributed by atoms with E-state index in [0.717, 1.165) is 37.0 Å². The first-order chi connectivity index (χ1) is 30.1. The van der Waals surface area contributed by atoms with Gasteiger partial charge in [0.2, 0.25) is 11.8 Å². The summed E-state index contributed by atoms with van der Waals surface area (Å²) in [7, 11) is 4.79. The lowest BCUT2D eigenvalue weighted by Crippen LogP contribution is -2.54. The highest BCUT2D eigenvalue weighted by atomic mass is 16.5. The molecule has 0 radical (unpaired) electrons. The second-order valence-electron chi connectivity index (χ2n) is 14.5. The number of nitrogens with one attached hydrogen (secondary N) is 6. The van der Waals surface area contributed by atoms with Crippen molar-refractivity contribution in [3.8, 4) is 17.1 Å². The Balaban J connectivity index is 0.852. The fraction of sp³-hybridized carbons (Fsp3) is 0.310. The monoisotopic (exact) mass is 843 g/mol. The number of imide groups is 2. The van der Waals surface area contributed by atoms with Crippen LogP contribution in [0.4, 0.5) is 28.7 Å². The molecule has 2 aliphatic rings. The highest BCUT2D eigenvalue weighted by molar-refractivity contribution is 6.25. The number of amides is 6. The largest absolute Gasteiger partial charge is 0.494 e. The Morgan fingerprint density at radius 1 is 0.823 bits per heavy atom. The molecule has 62 heavy (non-hydrogen) atoms. The van der Waals surface area contributed by atoms with Crippen LogP contribution in [0.25, 0.3) is 11.4 Å². The van der Waals surface area contributed by atoms with Crippen LogP contribution in [0.2, 0.25) is 0 Å². The maximum absolute atomic E-state index is 13.3. The lowest BCUT2D eigenvalue weighted by Gasteiger charge is -2.27. The van der Waals surface area contributed by atoms with Crippen molar-refractivity contribution in [1.82, 2.24) is 50.8 Å². The lowest BCUT2D eigenvalue weighted by molar-refractivity contribution is -0.136. The summed E-state index contributed by atoms with van der Waals surface area (Å²) in [5.74, 6) is -1.24. The van der Waals surface area contributed by atoms with Crippen LogP contribution in [0.5, 0.6) is 5.75 Å². The van der Waals surface area contributed by atoms with E-state index >= 15 is 0 Å². The van der Waals surface area contributed by atoms with Crippen LogP contribution in [0.15, 0.2) is 67.1 Å². The number of piperidine rings is 1. The van der Waals surface area contributed by atoms with E-state index in [9.17, 15) is 28.8 Å². The van der Waals surface area contributed by atoms with Gasteiger partial charge in [0.05, 0.1) is 40.7 Å². The van der Waals surface area contributed by atoms with Crippen molar-refractivity contribution >= 4 is 64.1 Å². The van der Waals surface area contributed by atoms with E-state index in [0.29, 0.717) is 58.7 Å². The molecule has 320 valence electrons. The van der Waals surface area contributed by atoms with Crippen LogP contribution in [-0.2, 0) is 16.6 Å². The van der Waals surface area contributed by atoms with Crippen LogP contribution >= 0.6 is 0 Å². The average Bonchev–Trinajstić information content (AvgIpc) is 3.82. The number of rotatable bonds is 18. The summed E-state index contributed by atoms with van der Waals surface area (Å²) in [5, 5.41) is 30.0. The minimum Gasteiger partial charge on any atom is -0.494 e. The number of unbranched alkanes of at least 4 members (excludes halogenated alkanes) is 4. The Morgan fingerprint density at radius 2 is 1.58 bits per heavy atom. The van der Waals surface area contributed by atoms with Gasteiger partial charge in [0, 0.05) is 51.6 Å². The molecular weight excluding hydrogens is 799 g/mol. The fourth-order valence-electron chi connectivity index (χ4n) is 7.18. The molecule has 20 nitrogen and oxygen atoms in total. The lowest BCUT2D eigenvalue weighted by atomic mass is 10.0. The zero-order valence-corrected chi connectivity index (χ0v) is 34.3. The van der Waals surface area contributed by atoms with Crippen molar-refractivity contribution in [3.05, 3.63) is 89.5 Å². The Morgan fingerprint density at radius 3 is 2.29 bits per heavy atom. The molecule has 6 N–H and O–H groups in total. The molecule has 6 amide bonds. The van der Waals surface area contributed by atoms with Gasteiger partial charge in [-0.25, -0.2) is 9.97 Å². The molecule has 1 fully saturated rings. The van der Waals surface area contributed by atoms with Crippen LogP contribution in [0, 0.1) is 0 Å². The number of nitrogens with zero attached hydrogens (tertiary/aromatic N) is 7. The van der Waals surface area contributed by atoms with E-state index in [1.165, 1.54) is 20.4 Å². The van der Waals surface area contributed by atoms with Gasteiger partial charge < -0.3 is 31.3 Å². The average molecular weight is 844 g/mol. The molecule has 0 saturated carbocycles. The molecule has 20 heteroatoms. The summed E-state index contributed by atoms with van der Waals surface area (Å²) in [5.41, 5.74) is 2.96. The minimum absolute atomic E-state index is 0.0467. The highest BCUT2D eigenvalue weighted by Gasteiger charge is 2.45. The molecule has 5 aromatic rings. The maximum Gasteiger partial charge on any atom is 0.273 e. The normalized spacial score (nSPS) is 14.6. The van der Waals surface area contributed by atoms with Crippen molar-refractivity contribution in [1.29, 1.82) is 0 Å². The zero-order chi connectivity index (χ0) is 43.8. The molecule has 1 atom stereocenters. The van der Waals surface area contributed by atoms with Gasteiger partial charge in [-0.15, -0.1) is 10.2 Å². The first kappa shape index (κ1) is 42.4. The molecule has 7 rings (SSSR count). The van der Waals surface area contributed by atoms with E-state index in [1.807, 2.05) is 12.1 Å². The number of methoxy groups -OCH3 is 1. The van der Waals surface area contributed by atoms with E-state index < -0.39 is 35.6 Å². The SMILES string of the molecule is CNC(=O)c1nnc(Nc2ccc(C(=O)NCCCCCCCNc3cccc4c3C(=O)N(C3CCC(=O)NC3=O)C4=O)cn2)cc1Nc1cccc(-c2ncn(C)n2)c1OC. The minimum atomic E-state index is -1.02. The van der Waals surface area contributed by atoms with Crippen LogP contribution in [0.3, 0.4) is 0 Å². The standard InChI is InChI=1S/C42H45N13O7/c1-43-40(59)35-29(48-28-14-10-12-26(36(28)62-3)37-47-23-54(2)53-37)21-32(51-52-35)49-31-17-15-24(22-46-31)38(57)45-20-8-6-4-5-7-19-44-27-13-9-11-25-34(27)42(61)55(41(25)60)30-16-18-33(56)50-39(30)58/h9-15,17,21-23,30,44H,4-8,16,18-20H2,1-3H3,(H,43,59)(H,45,57)(H,50,56,58)(H2,46,48,49,51). The van der Waals surface area contributed by atoms with Gasteiger partial charge in [-0.1, -0.05) is 31.4 Å². The Labute approximate surface area is 355 Å². The Kier molecular flexibility index (Phi) is 13.0. The van der Waals surface area contributed by atoms with Crippen molar-refractivity contribution in [2.45, 2.75) is 51.0 Å². The fourth-order valence-corrected chi connectivity index (χ4v) is 7.18. The molecule has 2 aromatic carbocycles. The van der Waals surface area contributed by atoms with Gasteiger partial charge >= 0.3 is 0 Å². The molecule has 2 aliphatic heterocycles. The third-order valence-electron chi connectivity index (χ3n) is 10.3. The number of benzene rings is 2. The van der Waals surface area contributed by atoms with Crippen molar-refractivity contribution < 1.29 is 33.5 Å². The summed E-state index contributed by atoms with van der Waals surface area (Å²) in [6.07, 6.45) is 7.53. The zero-order valence-electron chi connectivity index (χ0n) is 34.3. The number of anilines is 5. The van der Waals surface area contributed by atoms with Gasteiger partial charge in [0.1, 0.15) is 18.2 Å². The molecule has 5 heterocycles. The van der Waals surface area contributed by atoms with Gasteiger partial charge in [0.15, 0.2) is 23.1 Å². The number of aryl methyl sites for hydroxylation is 1. The summed E-state index contributed by atoms with van der Waals surface area (Å²) < 4.78 is 7.31. The van der Waals surface area contributed by atoms with Gasteiger partial charge in [0.25, 0.3) is 23.6 Å². The Bertz CT molecular complexity index is 2520. The van der Waals surface area contributed by atoms with Gasteiger partial charge in [-0.05, 0) is 55.7 Å². The third-order valence-corrected chi connectivity index (χ3v) is 10.3. The third kappa shape index (κ3) is 9.33. The second kappa shape index (κ2) is 19.1. The van der Waals surface area contributed by atoms with E-state index in [-0.39, 0.29) is 41.4 Å². The number of para-hydroxylation sites is 1. The smallest absolute Gasteiger partial charge is 0.273 e. The molecule has 3 aromatic heterocycles. The summed E-state index contributed by atoms with van der Waals surface area (Å²) in [6.45, 7) is 1.06. The van der Waals surface area contributed by atoms with Gasteiger partial charge in [-0.3, -0.25) is 43.7 Å². The number of hydrogen-bond donors (Lipinski definition) is 6. The number of aromatic nitrogens is 6. The number of carbonyl (C=O) groups excluding carboxylic acids is 6. The maximum atomic E-state index is 13.3. The van der Waals surface area contributed by atoms with Gasteiger partial charge in [-0.2, -0.15) is 5.10 Å². The Hall–Kier alpha value is -7.77. The topological polar surface area (TPSA) is 256 Å². The van der Waals surface area contributed by atoms with E-state index in [1.54, 1.807) is 60.5 Å². The number of fused-ring (bicyclic) bond motifs is 1. The van der Waals surface area contributed by atoms with Crippen LogP contribution < -0.4 is 36.6 Å². The quantitative estimate of drug-likeness (QED) is 0.0543. The first-order valence-electron chi connectivity index (χ1n) is 20.1. The summed E-state index contributed by atoms with van der Waals surface area (Å²) in [4.78, 5) is 85.6. The summed E-state index contributed by atoms with van der Waals surface area (Å²) in [6, 6.07) is 14.3. The predicted octanol–water partition coefficient (Wildman–Crippen LogP) is 3.72. The second-order valence-corrected chi connectivity index (χ2v) is 14.5. The number of ether oxygens (including phenoxy) is 1. The molecule has 0 bridgehead atoms. The van der Waals surface area contributed by atoms with Crippen molar-refractivity contribution in [3.63, 3.8) is 0 Å².